The van der Waals surface area contributed by atoms with Crippen molar-refractivity contribution in [3.8, 4) is 5.75 Å². The smallest absolute Gasteiger partial charge is 0.266 e. The van der Waals surface area contributed by atoms with Crippen LogP contribution in [0.2, 0.25) is 4.34 Å². The minimum atomic E-state index is -3.78. The van der Waals surface area contributed by atoms with Crippen molar-refractivity contribution in [3.05, 3.63) is 39.5 Å². The van der Waals surface area contributed by atoms with Gasteiger partial charge in [0.15, 0.2) is 4.80 Å². The lowest BCUT2D eigenvalue weighted by Gasteiger charge is -2.20. The maximum absolute atomic E-state index is 13.0. The van der Waals surface area contributed by atoms with Crippen LogP contribution in [0.5, 0.6) is 5.75 Å². The first-order valence-electron chi connectivity index (χ1n) is 9.39. The van der Waals surface area contributed by atoms with E-state index in [0.29, 0.717) is 35.1 Å². The molecule has 0 aliphatic carbocycles. The Kier molecular flexibility index (Phi) is 6.04. The summed E-state index contributed by atoms with van der Waals surface area (Å²) in [6, 6.07) is 7.93. The van der Waals surface area contributed by atoms with Crippen LogP contribution in [-0.4, -0.2) is 42.4 Å². The fourth-order valence-electron chi connectivity index (χ4n) is 3.47. The van der Waals surface area contributed by atoms with Gasteiger partial charge < -0.3 is 9.30 Å². The van der Waals surface area contributed by atoms with Gasteiger partial charge in [-0.2, -0.15) is 9.30 Å². The van der Waals surface area contributed by atoms with E-state index in [1.165, 1.54) is 21.7 Å². The third-order valence-electron chi connectivity index (χ3n) is 4.90. The SMILES string of the molecule is CCOc1ccc2c(c1)sc(=NC(=O)C1CCCN1S(=O)(=O)c1ccc(Cl)s1)n2C. The number of carbonyl (C=O) groups excluding carboxylic acids is 1. The van der Waals surface area contributed by atoms with Gasteiger partial charge in [-0.3, -0.25) is 4.79 Å². The summed E-state index contributed by atoms with van der Waals surface area (Å²) in [5, 5.41) is 0. The van der Waals surface area contributed by atoms with Gasteiger partial charge in [0.25, 0.3) is 15.9 Å². The van der Waals surface area contributed by atoms with Crippen molar-refractivity contribution >= 4 is 60.4 Å². The largest absolute Gasteiger partial charge is 0.494 e. The molecule has 1 unspecified atom stereocenters. The van der Waals surface area contributed by atoms with Crippen LogP contribution in [0.3, 0.4) is 0 Å². The molecule has 1 aromatic carbocycles. The Bertz CT molecular complexity index is 1280. The number of rotatable bonds is 5. The lowest BCUT2D eigenvalue weighted by Crippen LogP contribution is -2.40. The molecule has 0 spiro atoms. The van der Waals surface area contributed by atoms with Crippen LogP contribution in [0.25, 0.3) is 10.2 Å². The van der Waals surface area contributed by atoms with E-state index in [1.54, 1.807) is 6.07 Å². The Labute approximate surface area is 187 Å². The zero-order chi connectivity index (χ0) is 21.5. The topological polar surface area (TPSA) is 81.0 Å². The Balaban J connectivity index is 1.67. The molecule has 1 fully saturated rings. The van der Waals surface area contributed by atoms with Gasteiger partial charge in [0, 0.05) is 13.6 Å². The van der Waals surface area contributed by atoms with E-state index in [-0.39, 0.29) is 4.21 Å². The van der Waals surface area contributed by atoms with Crippen LogP contribution < -0.4 is 9.54 Å². The number of nitrogens with zero attached hydrogens (tertiary/aromatic N) is 3. The number of amides is 1. The molecule has 0 radical (unpaired) electrons. The quantitative estimate of drug-likeness (QED) is 0.552. The predicted octanol–water partition coefficient (Wildman–Crippen LogP) is 3.63. The zero-order valence-corrected chi connectivity index (χ0v) is 19.6. The third kappa shape index (κ3) is 3.94. The fourth-order valence-corrected chi connectivity index (χ4v) is 7.79. The van der Waals surface area contributed by atoms with Gasteiger partial charge in [-0.15, -0.1) is 11.3 Å². The molecule has 3 heterocycles. The van der Waals surface area contributed by atoms with Crippen LogP contribution >= 0.6 is 34.3 Å². The highest BCUT2D eigenvalue weighted by Gasteiger charge is 2.40. The average molecular weight is 486 g/mol. The van der Waals surface area contributed by atoms with E-state index in [9.17, 15) is 13.2 Å². The Morgan fingerprint density at radius 1 is 1.30 bits per heavy atom. The van der Waals surface area contributed by atoms with Gasteiger partial charge in [-0.25, -0.2) is 8.42 Å². The molecule has 160 valence electrons. The first-order valence-corrected chi connectivity index (χ1v) is 12.8. The maximum atomic E-state index is 13.0. The van der Waals surface area contributed by atoms with Crippen molar-refractivity contribution < 1.29 is 17.9 Å². The maximum Gasteiger partial charge on any atom is 0.266 e. The van der Waals surface area contributed by atoms with E-state index < -0.39 is 22.0 Å². The minimum Gasteiger partial charge on any atom is -0.494 e. The summed E-state index contributed by atoms with van der Waals surface area (Å²) in [4.78, 5) is 17.8. The summed E-state index contributed by atoms with van der Waals surface area (Å²) in [6.45, 7) is 2.78. The highest BCUT2D eigenvalue weighted by atomic mass is 35.5. The van der Waals surface area contributed by atoms with Gasteiger partial charge in [0.2, 0.25) is 0 Å². The number of fused-ring (bicyclic) bond motifs is 1. The zero-order valence-electron chi connectivity index (χ0n) is 16.4. The number of aryl methyl sites for hydroxylation is 1. The fraction of sp³-hybridized carbons (Fsp3) is 0.368. The van der Waals surface area contributed by atoms with E-state index >= 15 is 0 Å². The second-order valence-electron chi connectivity index (χ2n) is 6.79. The average Bonchev–Trinajstić information content (AvgIpc) is 3.42. The molecule has 0 bridgehead atoms. The molecule has 1 saturated heterocycles. The number of aromatic nitrogens is 1. The second-order valence-corrected chi connectivity index (χ2v) is 11.6. The van der Waals surface area contributed by atoms with E-state index in [1.807, 2.05) is 36.7 Å². The van der Waals surface area contributed by atoms with Crippen molar-refractivity contribution in [2.75, 3.05) is 13.2 Å². The molecule has 1 aliphatic rings. The summed E-state index contributed by atoms with van der Waals surface area (Å²) in [7, 11) is -1.95. The van der Waals surface area contributed by atoms with E-state index in [4.69, 9.17) is 16.3 Å². The molecule has 4 rings (SSSR count). The van der Waals surface area contributed by atoms with E-state index in [2.05, 4.69) is 4.99 Å². The molecule has 30 heavy (non-hydrogen) atoms. The standard InChI is InChI=1S/C19H20ClN3O4S3/c1-3-27-12-6-7-13-15(11-12)28-19(22(13)2)21-18(24)14-5-4-10-23(14)30(25,26)17-9-8-16(20)29-17/h6-9,11,14H,3-5,10H2,1-2H3. The first-order chi connectivity index (χ1) is 14.3. The molecule has 7 nitrogen and oxygen atoms in total. The number of carbonyl (C=O) groups is 1. The molecule has 3 aromatic rings. The second kappa shape index (κ2) is 8.43. The number of hydrogen-bond acceptors (Lipinski definition) is 6. The molecule has 11 heteroatoms. The molecule has 1 amide bonds. The first kappa shape index (κ1) is 21.5. The van der Waals surface area contributed by atoms with Crippen molar-refractivity contribution in [2.45, 2.75) is 30.0 Å². The minimum absolute atomic E-state index is 0.142. The summed E-state index contributed by atoms with van der Waals surface area (Å²) >= 11 is 8.27. The molecule has 1 aliphatic heterocycles. The molecular weight excluding hydrogens is 466 g/mol. The number of ether oxygens (including phenoxy) is 1. The lowest BCUT2D eigenvalue weighted by atomic mass is 10.2. The summed E-state index contributed by atoms with van der Waals surface area (Å²) in [5.41, 5.74) is 0.930. The van der Waals surface area contributed by atoms with Crippen LogP contribution in [0.15, 0.2) is 39.5 Å². The van der Waals surface area contributed by atoms with Gasteiger partial charge in [0.1, 0.15) is 16.0 Å². The highest BCUT2D eigenvalue weighted by molar-refractivity contribution is 7.91. The predicted molar refractivity (Wildman–Crippen MR) is 119 cm³/mol. The Morgan fingerprint density at radius 3 is 2.80 bits per heavy atom. The van der Waals surface area contributed by atoms with Gasteiger partial charge in [-0.05, 0) is 50.1 Å². The van der Waals surface area contributed by atoms with Gasteiger partial charge in [-0.1, -0.05) is 22.9 Å². The number of halogens is 1. The number of thiophene rings is 1. The monoisotopic (exact) mass is 485 g/mol. The van der Waals surface area contributed by atoms with Gasteiger partial charge in [0.05, 0.1) is 21.2 Å². The van der Waals surface area contributed by atoms with Crippen LogP contribution in [0.4, 0.5) is 0 Å². The molecule has 0 N–H and O–H groups in total. The van der Waals surface area contributed by atoms with Gasteiger partial charge >= 0.3 is 0 Å². The highest BCUT2D eigenvalue weighted by Crippen LogP contribution is 2.32. The molecule has 1 atom stereocenters. The van der Waals surface area contributed by atoms with E-state index in [0.717, 1.165) is 27.3 Å². The summed E-state index contributed by atoms with van der Waals surface area (Å²) < 4.78 is 36.1. The third-order valence-corrected chi connectivity index (χ3v) is 9.60. The van der Waals surface area contributed by atoms with Crippen molar-refractivity contribution in [3.63, 3.8) is 0 Å². The Morgan fingerprint density at radius 2 is 2.10 bits per heavy atom. The number of hydrogen-bond donors (Lipinski definition) is 0. The van der Waals surface area contributed by atoms with Crippen molar-refractivity contribution in [1.29, 1.82) is 0 Å². The van der Waals surface area contributed by atoms with Crippen LogP contribution in [-0.2, 0) is 21.9 Å². The number of benzene rings is 1. The number of thiazole rings is 1. The summed E-state index contributed by atoms with van der Waals surface area (Å²) in [6.07, 6.45) is 1.06. The Hall–Kier alpha value is -1.72. The van der Waals surface area contributed by atoms with Crippen LogP contribution in [0, 0.1) is 0 Å². The number of sulfonamides is 1. The molecule has 0 saturated carbocycles. The van der Waals surface area contributed by atoms with Crippen LogP contribution in [0.1, 0.15) is 19.8 Å². The summed E-state index contributed by atoms with van der Waals surface area (Å²) in [5.74, 6) is 0.304. The van der Waals surface area contributed by atoms with Crippen molar-refractivity contribution in [2.24, 2.45) is 12.0 Å². The molecule has 2 aromatic heterocycles. The normalized spacial score (nSPS) is 18.4. The van der Waals surface area contributed by atoms with Crippen molar-refractivity contribution in [1.82, 2.24) is 8.87 Å². The lowest BCUT2D eigenvalue weighted by molar-refractivity contribution is -0.121. The molecular formula is C19H20ClN3O4S3.